The Morgan fingerprint density at radius 3 is 2.29 bits per heavy atom. The van der Waals surface area contributed by atoms with Crippen molar-refractivity contribution in [2.24, 2.45) is 0 Å². The van der Waals surface area contributed by atoms with E-state index in [-0.39, 0.29) is 0 Å². The molecule has 17 heavy (non-hydrogen) atoms. The topological polar surface area (TPSA) is 29.5 Å². The molecular weight excluding hydrogens is 327 g/mol. The predicted molar refractivity (Wildman–Crippen MR) is 76.3 cm³/mol. The van der Waals surface area contributed by atoms with E-state index in [0.29, 0.717) is 0 Å². The van der Waals surface area contributed by atoms with Crippen LogP contribution in [0.2, 0.25) is 0 Å². The van der Waals surface area contributed by atoms with Crippen LogP contribution in [0.25, 0.3) is 0 Å². The summed E-state index contributed by atoms with van der Waals surface area (Å²) in [4.78, 5) is 0. The molecule has 0 aliphatic rings. The maximum absolute atomic E-state index is 9.41. The summed E-state index contributed by atoms with van der Waals surface area (Å²) in [5, 5.41) is 9.41. The molecule has 0 radical (unpaired) electrons. The molecule has 0 aromatic heterocycles. The third-order valence-corrected chi connectivity index (χ3v) is 3.32. The van der Waals surface area contributed by atoms with Gasteiger partial charge in [0.2, 0.25) is 0 Å². The standard InChI is InChI=1S/C14H13IO2/c1-10(16)11-6-8-12(9-7-11)17-14-5-3-2-4-13(14)15/h2-10,16H,1H3/t10-/m1/s1. The van der Waals surface area contributed by atoms with Crippen molar-refractivity contribution in [3.05, 3.63) is 57.7 Å². The highest BCUT2D eigenvalue weighted by molar-refractivity contribution is 14.1. The lowest BCUT2D eigenvalue weighted by atomic mass is 10.1. The number of aliphatic hydroxyl groups excluding tert-OH is 1. The first-order valence-electron chi connectivity index (χ1n) is 5.37. The van der Waals surface area contributed by atoms with Crippen LogP contribution < -0.4 is 4.74 Å². The van der Waals surface area contributed by atoms with E-state index in [9.17, 15) is 5.11 Å². The summed E-state index contributed by atoms with van der Waals surface area (Å²) in [5.74, 6) is 1.62. The van der Waals surface area contributed by atoms with Crippen LogP contribution in [0.15, 0.2) is 48.5 Å². The summed E-state index contributed by atoms with van der Waals surface area (Å²) in [6.45, 7) is 1.75. The Morgan fingerprint density at radius 1 is 1.06 bits per heavy atom. The molecule has 0 spiro atoms. The fourth-order valence-electron chi connectivity index (χ4n) is 1.47. The predicted octanol–water partition coefficient (Wildman–Crippen LogP) is 4.14. The van der Waals surface area contributed by atoms with Crippen LogP contribution in [0.4, 0.5) is 0 Å². The second-order valence-corrected chi connectivity index (χ2v) is 4.94. The average molecular weight is 340 g/mol. The molecule has 1 N–H and O–H groups in total. The highest BCUT2D eigenvalue weighted by Gasteiger charge is 2.03. The van der Waals surface area contributed by atoms with Crippen molar-refractivity contribution in [1.82, 2.24) is 0 Å². The van der Waals surface area contributed by atoms with Gasteiger partial charge in [0.25, 0.3) is 0 Å². The first kappa shape index (κ1) is 12.4. The van der Waals surface area contributed by atoms with E-state index in [1.807, 2.05) is 48.5 Å². The van der Waals surface area contributed by atoms with Gasteiger partial charge in [-0.1, -0.05) is 24.3 Å². The minimum absolute atomic E-state index is 0.444. The molecule has 2 nitrogen and oxygen atoms in total. The van der Waals surface area contributed by atoms with Gasteiger partial charge in [-0.3, -0.25) is 0 Å². The van der Waals surface area contributed by atoms with Crippen molar-refractivity contribution >= 4 is 22.6 Å². The Balaban J connectivity index is 2.17. The number of halogens is 1. The van der Waals surface area contributed by atoms with Gasteiger partial charge in [0.15, 0.2) is 0 Å². The van der Waals surface area contributed by atoms with Gasteiger partial charge < -0.3 is 9.84 Å². The van der Waals surface area contributed by atoms with Crippen molar-refractivity contribution in [3.8, 4) is 11.5 Å². The van der Waals surface area contributed by atoms with E-state index in [1.54, 1.807) is 6.92 Å². The molecule has 3 heteroatoms. The molecule has 0 unspecified atom stereocenters. The Bertz CT molecular complexity index is 492. The number of ether oxygens (including phenoxy) is 1. The normalized spacial score (nSPS) is 12.2. The maximum Gasteiger partial charge on any atom is 0.140 e. The molecule has 0 saturated heterocycles. The lowest BCUT2D eigenvalue weighted by molar-refractivity contribution is 0.199. The summed E-state index contributed by atoms with van der Waals surface area (Å²) in [6, 6.07) is 15.3. The van der Waals surface area contributed by atoms with Crippen LogP contribution in [0.1, 0.15) is 18.6 Å². The lowest BCUT2D eigenvalue weighted by Crippen LogP contribution is -1.91. The van der Waals surface area contributed by atoms with Crippen LogP contribution in [-0.2, 0) is 0 Å². The Morgan fingerprint density at radius 2 is 1.71 bits per heavy atom. The molecule has 0 saturated carbocycles. The van der Waals surface area contributed by atoms with Gasteiger partial charge >= 0.3 is 0 Å². The zero-order valence-electron chi connectivity index (χ0n) is 9.43. The summed E-state index contributed by atoms with van der Waals surface area (Å²) in [7, 11) is 0. The van der Waals surface area contributed by atoms with Gasteiger partial charge in [-0.05, 0) is 59.3 Å². The lowest BCUT2D eigenvalue weighted by Gasteiger charge is -2.09. The van der Waals surface area contributed by atoms with Gasteiger partial charge in [-0.25, -0.2) is 0 Å². The first-order chi connectivity index (χ1) is 8.16. The van der Waals surface area contributed by atoms with Crippen molar-refractivity contribution in [3.63, 3.8) is 0 Å². The maximum atomic E-state index is 9.41. The van der Waals surface area contributed by atoms with Gasteiger partial charge in [0.1, 0.15) is 11.5 Å². The summed E-state index contributed by atoms with van der Waals surface area (Å²) in [6.07, 6.45) is -0.444. The third kappa shape index (κ3) is 3.20. The number of benzene rings is 2. The first-order valence-corrected chi connectivity index (χ1v) is 6.45. The largest absolute Gasteiger partial charge is 0.456 e. The van der Waals surface area contributed by atoms with E-state index in [2.05, 4.69) is 22.6 Å². The molecule has 2 aromatic carbocycles. The summed E-state index contributed by atoms with van der Waals surface area (Å²) in [5.41, 5.74) is 0.889. The fourth-order valence-corrected chi connectivity index (χ4v) is 1.97. The quantitative estimate of drug-likeness (QED) is 0.851. The van der Waals surface area contributed by atoms with Crippen molar-refractivity contribution in [2.45, 2.75) is 13.0 Å². The zero-order chi connectivity index (χ0) is 12.3. The number of hydrogen-bond donors (Lipinski definition) is 1. The van der Waals surface area contributed by atoms with Crippen LogP contribution >= 0.6 is 22.6 Å². The summed E-state index contributed by atoms with van der Waals surface area (Å²) < 4.78 is 6.83. The number of rotatable bonds is 3. The van der Waals surface area contributed by atoms with E-state index in [1.165, 1.54) is 0 Å². The van der Waals surface area contributed by atoms with E-state index in [0.717, 1.165) is 20.6 Å². The number of para-hydroxylation sites is 1. The van der Waals surface area contributed by atoms with Gasteiger partial charge in [-0.15, -0.1) is 0 Å². The second kappa shape index (κ2) is 5.51. The van der Waals surface area contributed by atoms with Gasteiger partial charge in [-0.2, -0.15) is 0 Å². The monoisotopic (exact) mass is 340 g/mol. The highest BCUT2D eigenvalue weighted by atomic mass is 127. The Kier molecular flexibility index (Phi) is 4.02. The van der Waals surface area contributed by atoms with Crippen LogP contribution in [0.5, 0.6) is 11.5 Å². The molecule has 2 rings (SSSR count). The molecular formula is C14H13IO2. The molecule has 1 atom stereocenters. The number of hydrogen-bond acceptors (Lipinski definition) is 2. The molecule has 0 amide bonds. The average Bonchev–Trinajstić information content (AvgIpc) is 2.33. The molecule has 0 aliphatic carbocycles. The molecule has 0 heterocycles. The zero-order valence-corrected chi connectivity index (χ0v) is 11.6. The van der Waals surface area contributed by atoms with Crippen molar-refractivity contribution in [1.29, 1.82) is 0 Å². The van der Waals surface area contributed by atoms with E-state index >= 15 is 0 Å². The molecule has 0 aliphatic heterocycles. The van der Waals surface area contributed by atoms with Gasteiger partial charge in [0, 0.05) is 0 Å². The van der Waals surface area contributed by atoms with Crippen molar-refractivity contribution < 1.29 is 9.84 Å². The van der Waals surface area contributed by atoms with Gasteiger partial charge in [0.05, 0.1) is 9.67 Å². The molecule has 2 aromatic rings. The van der Waals surface area contributed by atoms with Crippen LogP contribution in [0.3, 0.4) is 0 Å². The third-order valence-electron chi connectivity index (χ3n) is 2.43. The minimum Gasteiger partial charge on any atom is -0.456 e. The van der Waals surface area contributed by atoms with E-state index in [4.69, 9.17) is 4.74 Å². The van der Waals surface area contributed by atoms with Crippen LogP contribution in [-0.4, -0.2) is 5.11 Å². The molecule has 0 bridgehead atoms. The highest BCUT2D eigenvalue weighted by Crippen LogP contribution is 2.27. The smallest absolute Gasteiger partial charge is 0.140 e. The van der Waals surface area contributed by atoms with E-state index < -0.39 is 6.10 Å². The minimum atomic E-state index is -0.444. The van der Waals surface area contributed by atoms with Crippen LogP contribution in [0, 0.1) is 3.57 Å². The summed E-state index contributed by atoms with van der Waals surface area (Å²) >= 11 is 2.24. The van der Waals surface area contributed by atoms with Crippen molar-refractivity contribution in [2.75, 3.05) is 0 Å². The second-order valence-electron chi connectivity index (χ2n) is 3.78. The fraction of sp³-hybridized carbons (Fsp3) is 0.143. The molecule has 88 valence electrons. The Labute approximate surface area is 114 Å². The Hall–Kier alpha value is -1.07. The molecule has 0 fully saturated rings. The SMILES string of the molecule is C[C@@H](O)c1ccc(Oc2ccccc2I)cc1. The number of aliphatic hydroxyl groups is 1.